The lowest BCUT2D eigenvalue weighted by Gasteiger charge is -2.09. The Labute approximate surface area is 109 Å². The van der Waals surface area contributed by atoms with Crippen LogP contribution in [0.1, 0.15) is 11.1 Å². The first-order chi connectivity index (χ1) is 7.83. The van der Waals surface area contributed by atoms with E-state index in [0.717, 1.165) is 12.8 Å². The molecule has 1 aliphatic heterocycles. The molecule has 0 radical (unpaired) electrons. The van der Waals surface area contributed by atoms with Gasteiger partial charge in [0.1, 0.15) is 0 Å². The quantitative estimate of drug-likeness (QED) is 0.719. The van der Waals surface area contributed by atoms with Gasteiger partial charge in [-0.05, 0) is 70.8 Å². The van der Waals surface area contributed by atoms with Gasteiger partial charge in [0.15, 0.2) is 0 Å². The molecule has 1 aliphatic rings. The summed E-state index contributed by atoms with van der Waals surface area (Å²) in [7, 11) is 0. The van der Waals surface area contributed by atoms with Gasteiger partial charge in [0.05, 0.1) is 0 Å². The Morgan fingerprint density at radius 3 is 2.56 bits per heavy atom. The summed E-state index contributed by atoms with van der Waals surface area (Å²) in [6.45, 7) is 0. The largest absolute Gasteiger partial charge is 0.355 e. The molecule has 0 unspecified atom stereocenters. The van der Waals surface area contributed by atoms with Crippen LogP contribution in [0.2, 0.25) is 0 Å². The zero-order valence-electron chi connectivity index (χ0n) is 8.83. The minimum absolute atomic E-state index is 1.12. The lowest BCUT2D eigenvalue weighted by atomic mass is 10.0. The molecule has 2 heteroatoms. The highest BCUT2D eigenvalue weighted by Gasteiger charge is 2.11. The zero-order chi connectivity index (χ0) is 11.0. The Hall–Kier alpha value is -1.03. The van der Waals surface area contributed by atoms with Crippen LogP contribution >= 0.6 is 22.6 Å². The Balaban J connectivity index is 2.08. The molecule has 16 heavy (non-hydrogen) atoms. The maximum absolute atomic E-state index is 3.53. The topological polar surface area (TPSA) is 12.0 Å². The van der Waals surface area contributed by atoms with E-state index in [4.69, 9.17) is 0 Å². The molecule has 1 nitrogen and oxygen atoms in total. The van der Waals surface area contributed by atoms with Crippen molar-refractivity contribution >= 4 is 34.0 Å². The minimum Gasteiger partial charge on any atom is -0.355 e. The van der Waals surface area contributed by atoms with Crippen LogP contribution in [-0.2, 0) is 12.8 Å². The summed E-state index contributed by atoms with van der Waals surface area (Å²) in [6.07, 6.45) is 2.24. The van der Waals surface area contributed by atoms with Gasteiger partial charge in [0.2, 0.25) is 0 Å². The van der Waals surface area contributed by atoms with Crippen molar-refractivity contribution in [1.29, 1.82) is 0 Å². The molecule has 80 valence electrons. The highest BCUT2D eigenvalue weighted by atomic mass is 127. The smallest absolute Gasteiger partial charge is 0.0417 e. The van der Waals surface area contributed by atoms with E-state index in [1.54, 1.807) is 0 Å². The van der Waals surface area contributed by atoms with E-state index in [-0.39, 0.29) is 0 Å². The van der Waals surface area contributed by atoms with Crippen molar-refractivity contribution in [3.8, 4) is 0 Å². The summed E-state index contributed by atoms with van der Waals surface area (Å²) in [6, 6.07) is 15.2. The molecule has 3 rings (SSSR count). The fraction of sp³-hybridized carbons (Fsp3) is 0.143. The van der Waals surface area contributed by atoms with Crippen molar-refractivity contribution in [2.75, 3.05) is 5.32 Å². The fourth-order valence-electron chi connectivity index (χ4n) is 2.17. The number of halogens is 1. The van der Waals surface area contributed by atoms with Crippen LogP contribution in [0.3, 0.4) is 0 Å². The normalized spacial score (nSPS) is 13.3. The van der Waals surface area contributed by atoms with Gasteiger partial charge in [-0.15, -0.1) is 0 Å². The van der Waals surface area contributed by atoms with Gasteiger partial charge < -0.3 is 5.32 Å². The lowest BCUT2D eigenvalue weighted by Crippen LogP contribution is -1.93. The number of benzene rings is 2. The van der Waals surface area contributed by atoms with E-state index >= 15 is 0 Å². The second-order valence-corrected chi connectivity index (χ2v) is 5.33. The second-order valence-electron chi connectivity index (χ2n) is 4.08. The van der Waals surface area contributed by atoms with Crippen LogP contribution in [0.25, 0.3) is 0 Å². The van der Waals surface area contributed by atoms with Crippen LogP contribution < -0.4 is 5.32 Å². The Morgan fingerprint density at radius 2 is 1.62 bits per heavy atom. The van der Waals surface area contributed by atoms with Gasteiger partial charge in [-0.25, -0.2) is 0 Å². The number of para-hydroxylation sites is 1. The van der Waals surface area contributed by atoms with Crippen LogP contribution in [0.15, 0.2) is 42.5 Å². The van der Waals surface area contributed by atoms with Gasteiger partial charge in [-0.3, -0.25) is 0 Å². The summed E-state index contributed by atoms with van der Waals surface area (Å²) >= 11 is 2.37. The highest BCUT2D eigenvalue weighted by molar-refractivity contribution is 14.1. The SMILES string of the molecule is Ic1ccc2c(c1)CCc1ccccc1N2. The average molecular weight is 321 g/mol. The second kappa shape index (κ2) is 4.09. The lowest BCUT2D eigenvalue weighted by molar-refractivity contribution is 0.976. The molecule has 2 aromatic carbocycles. The molecule has 1 heterocycles. The number of nitrogens with one attached hydrogen (secondary N) is 1. The van der Waals surface area contributed by atoms with E-state index in [0.29, 0.717) is 0 Å². The maximum atomic E-state index is 3.53. The van der Waals surface area contributed by atoms with Crippen molar-refractivity contribution < 1.29 is 0 Å². The van der Waals surface area contributed by atoms with E-state index in [9.17, 15) is 0 Å². The monoisotopic (exact) mass is 321 g/mol. The highest BCUT2D eigenvalue weighted by Crippen LogP contribution is 2.30. The van der Waals surface area contributed by atoms with Gasteiger partial charge in [0, 0.05) is 14.9 Å². The maximum Gasteiger partial charge on any atom is 0.0417 e. The summed E-state index contributed by atoms with van der Waals surface area (Å²) in [5.41, 5.74) is 5.34. The van der Waals surface area contributed by atoms with Crippen molar-refractivity contribution in [3.05, 3.63) is 57.2 Å². The molecule has 0 saturated heterocycles. The van der Waals surface area contributed by atoms with Crippen molar-refractivity contribution in [3.63, 3.8) is 0 Å². The molecular formula is C14H12IN. The summed E-state index contributed by atoms with van der Waals surface area (Å²) < 4.78 is 1.31. The molecule has 0 amide bonds. The number of hydrogen-bond acceptors (Lipinski definition) is 1. The Kier molecular flexibility index (Phi) is 2.59. The van der Waals surface area contributed by atoms with Gasteiger partial charge in [0.25, 0.3) is 0 Å². The minimum atomic E-state index is 1.12. The van der Waals surface area contributed by atoms with E-state index in [2.05, 4.69) is 70.4 Å². The van der Waals surface area contributed by atoms with Crippen molar-refractivity contribution in [2.45, 2.75) is 12.8 Å². The zero-order valence-corrected chi connectivity index (χ0v) is 11.0. The number of anilines is 2. The number of hydrogen-bond donors (Lipinski definition) is 1. The van der Waals surface area contributed by atoms with Gasteiger partial charge >= 0.3 is 0 Å². The molecule has 0 aromatic heterocycles. The molecule has 0 saturated carbocycles. The van der Waals surface area contributed by atoms with Gasteiger partial charge in [-0.1, -0.05) is 18.2 Å². The molecule has 0 aliphatic carbocycles. The van der Waals surface area contributed by atoms with Crippen molar-refractivity contribution in [2.24, 2.45) is 0 Å². The third-order valence-corrected chi connectivity index (χ3v) is 3.69. The predicted octanol–water partition coefficient (Wildman–Crippen LogP) is 4.13. The molecule has 0 bridgehead atoms. The first kappa shape index (κ1) is 10.1. The third kappa shape index (κ3) is 1.82. The molecular weight excluding hydrogens is 309 g/mol. The average Bonchev–Trinajstić information content (AvgIpc) is 2.48. The van der Waals surface area contributed by atoms with Crippen LogP contribution in [0, 0.1) is 3.57 Å². The van der Waals surface area contributed by atoms with E-state index in [1.165, 1.54) is 26.1 Å². The summed E-state index contributed by atoms with van der Waals surface area (Å²) in [4.78, 5) is 0. The molecule has 0 spiro atoms. The molecule has 1 N–H and O–H groups in total. The first-order valence-corrected chi connectivity index (χ1v) is 6.54. The fourth-order valence-corrected chi connectivity index (χ4v) is 2.72. The Morgan fingerprint density at radius 1 is 0.875 bits per heavy atom. The van der Waals surface area contributed by atoms with Crippen LogP contribution in [-0.4, -0.2) is 0 Å². The number of aryl methyl sites for hydroxylation is 2. The van der Waals surface area contributed by atoms with Gasteiger partial charge in [-0.2, -0.15) is 0 Å². The van der Waals surface area contributed by atoms with Crippen LogP contribution in [0.4, 0.5) is 11.4 Å². The predicted molar refractivity (Wildman–Crippen MR) is 76.3 cm³/mol. The van der Waals surface area contributed by atoms with E-state index < -0.39 is 0 Å². The number of rotatable bonds is 0. The van der Waals surface area contributed by atoms with Crippen LogP contribution in [0.5, 0.6) is 0 Å². The Bertz CT molecular complexity index is 534. The van der Waals surface area contributed by atoms with Crippen molar-refractivity contribution in [1.82, 2.24) is 0 Å². The standard InChI is InChI=1S/C14H12IN/c15-12-7-8-14-11(9-12)6-5-10-3-1-2-4-13(10)16-14/h1-4,7-9,16H,5-6H2. The summed E-state index contributed by atoms with van der Waals surface area (Å²) in [5, 5.41) is 3.53. The summed E-state index contributed by atoms with van der Waals surface area (Å²) in [5.74, 6) is 0. The third-order valence-electron chi connectivity index (χ3n) is 3.02. The molecule has 2 aromatic rings. The first-order valence-electron chi connectivity index (χ1n) is 5.46. The van der Waals surface area contributed by atoms with E-state index in [1.807, 2.05) is 0 Å². The molecule has 0 fully saturated rings. The molecule has 0 atom stereocenters. The number of fused-ring (bicyclic) bond motifs is 2.